The Kier molecular flexibility index (Phi) is 2.75. The Morgan fingerprint density at radius 2 is 1.84 bits per heavy atom. The second-order valence-corrected chi connectivity index (χ2v) is 5.85. The Morgan fingerprint density at radius 1 is 1.21 bits per heavy atom. The fourth-order valence-corrected chi connectivity index (χ4v) is 2.95. The third-order valence-corrected chi connectivity index (χ3v) is 4.17. The first kappa shape index (κ1) is 12.4. The van der Waals surface area contributed by atoms with Gasteiger partial charge in [0.25, 0.3) is 0 Å². The van der Waals surface area contributed by atoms with Crippen LogP contribution in [0.2, 0.25) is 0 Å². The zero-order valence-electron chi connectivity index (χ0n) is 12.0. The van der Waals surface area contributed by atoms with Crippen LogP contribution in [0.1, 0.15) is 42.3 Å². The molecule has 0 N–H and O–H groups in total. The van der Waals surface area contributed by atoms with Crippen molar-refractivity contribution in [3.8, 4) is 0 Å². The van der Waals surface area contributed by atoms with Crippen molar-refractivity contribution in [3.05, 3.63) is 35.0 Å². The number of ketones is 1. The van der Waals surface area contributed by atoms with E-state index < -0.39 is 0 Å². The smallest absolute Gasteiger partial charge is 0.161 e. The zero-order valence-corrected chi connectivity index (χ0v) is 12.0. The number of hydrogen-bond acceptors (Lipinski definition) is 2. The van der Waals surface area contributed by atoms with E-state index >= 15 is 0 Å². The van der Waals surface area contributed by atoms with Gasteiger partial charge in [0.15, 0.2) is 5.78 Å². The monoisotopic (exact) mass is 256 g/mol. The number of fused-ring (bicyclic) bond motifs is 2. The molecular formula is C16H20N2O. The van der Waals surface area contributed by atoms with E-state index in [0.29, 0.717) is 6.04 Å². The van der Waals surface area contributed by atoms with Gasteiger partial charge in [0.05, 0.1) is 0 Å². The molecule has 0 unspecified atom stereocenters. The van der Waals surface area contributed by atoms with E-state index in [1.165, 1.54) is 11.1 Å². The molecule has 3 heteroatoms. The van der Waals surface area contributed by atoms with Crippen LogP contribution in [0.3, 0.4) is 0 Å². The first-order valence-corrected chi connectivity index (χ1v) is 6.83. The summed E-state index contributed by atoms with van der Waals surface area (Å²) >= 11 is 0. The second-order valence-electron chi connectivity index (χ2n) is 5.85. The Bertz CT molecular complexity index is 667. The van der Waals surface area contributed by atoms with Gasteiger partial charge in [-0.05, 0) is 44.0 Å². The minimum atomic E-state index is 0.143. The van der Waals surface area contributed by atoms with Crippen molar-refractivity contribution in [2.24, 2.45) is 7.05 Å². The van der Waals surface area contributed by atoms with E-state index in [-0.39, 0.29) is 5.78 Å². The molecule has 0 amide bonds. The fraction of sp³-hybridized carbons (Fsp3) is 0.438. The van der Waals surface area contributed by atoms with Crippen LogP contribution >= 0.6 is 0 Å². The number of Topliss-reactive ketones (excluding diaryl/α,β-unsaturated/α-hetero) is 1. The number of carbonyl (C=O) groups excluding carboxylic acids is 1. The van der Waals surface area contributed by atoms with E-state index in [0.717, 1.165) is 29.6 Å². The van der Waals surface area contributed by atoms with Gasteiger partial charge < -0.3 is 4.57 Å². The van der Waals surface area contributed by atoms with Crippen molar-refractivity contribution < 1.29 is 4.79 Å². The summed E-state index contributed by atoms with van der Waals surface area (Å²) in [5.41, 5.74) is 4.77. The largest absolute Gasteiger partial charge is 0.350 e. The number of aromatic nitrogens is 1. The normalized spacial score (nSPS) is 15.4. The lowest BCUT2D eigenvalue weighted by molar-refractivity contribution is 0.101. The van der Waals surface area contributed by atoms with E-state index in [9.17, 15) is 4.79 Å². The van der Waals surface area contributed by atoms with Gasteiger partial charge in [-0.1, -0.05) is 0 Å². The van der Waals surface area contributed by atoms with Crippen LogP contribution in [0.25, 0.3) is 10.9 Å². The Hall–Kier alpha value is -1.61. The third kappa shape index (κ3) is 1.89. The lowest BCUT2D eigenvalue weighted by atomic mass is 10.0. The van der Waals surface area contributed by atoms with E-state index in [2.05, 4.69) is 35.4 Å². The summed E-state index contributed by atoms with van der Waals surface area (Å²) in [5.74, 6) is 0.143. The lowest BCUT2D eigenvalue weighted by Crippen LogP contribution is -2.24. The molecule has 1 aliphatic heterocycles. The molecule has 1 aromatic heterocycles. The molecule has 0 fully saturated rings. The molecule has 0 saturated heterocycles. The minimum absolute atomic E-state index is 0.143. The maximum Gasteiger partial charge on any atom is 0.161 e. The second kappa shape index (κ2) is 4.20. The first-order chi connectivity index (χ1) is 8.97. The van der Waals surface area contributed by atoms with Gasteiger partial charge in [-0.25, -0.2) is 0 Å². The molecule has 0 saturated carbocycles. The number of aryl methyl sites for hydroxylation is 1. The van der Waals surface area contributed by atoms with Crippen molar-refractivity contribution in [1.82, 2.24) is 9.47 Å². The molecule has 0 bridgehead atoms. The van der Waals surface area contributed by atoms with Gasteiger partial charge in [0, 0.05) is 48.8 Å². The number of rotatable bonds is 2. The SMILES string of the molecule is CC(=O)c1cn(C)c2cc3c(cc12)CN(C(C)C)C3. The van der Waals surface area contributed by atoms with E-state index in [1.54, 1.807) is 6.92 Å². The predicted octanol–water partition coefficient (Wildman–Crippen LogP) is 3.10. The van der Waals surface area contributed by atoms with Crippen molar-refractivity contribution in [3.63, 3.8) is 0 Å². The Balaban J connectivity index is 2.15. The summed E-state index contributed by atoms with van der Waals surface area (Å²) in [6.07, 6.45) is 1.95. The molecule has 3 rings (SSSR count). The van der Waals surface area contributed by atoms with E-state index in [1.807, 2.05) is 13.2 Å². The van der Waals surface area contributed by atoms with Crippen LogP contribution in [0.15, 0.2) is 18.3 Å². The molecule has 2 heterocycles. The molecule has 19 heavy (non-hydrogen) atoms. The molecule has 100 valence electrons. The summed E-state index contributed by atoms with van der Waals surface area (Å²) in [7, 11) is 2.01. The first-order valence-electron chi connectivity index (χ1n) is 6.83. The quantitative estimate of drug-likeness (QED) is 0.771. The average Bonchev–Trinajstić information content (AvgIpc) is 2.88. The molecule has 0 aliphatic carbocycles. The van der Waals surface area contributed by atoms with Crippen LogP contribution < -0.4 is 0 Å². The van der Waals surface area contributed by atoms with Crippen LogP contribution in [0.5, 0.6) is 0 Å². The van der Waals surface area contributed by atoms with Gasteiger partial charge in [-0.2, -0.15) is 0 Å². The summed E-state index contributed by atoms with van der Waals surface area (Å²) in [5, 5.41) is 1.10. The average molecular weight is 256 g/mol. The molecule has 2 aromatic rings. The topological polar surface area (TPSA) is 25.2 Å². The van der Waals surface area contributed by atoms with Gasteiger partial charge in [-0.3, -0.25) is 9.69 Å². The van der Waals surface area contributed by atoms with Crippen molar-refractivity contribution in [2.45, 2.75) is 39.9 Å². The molecule has 3 nitrogen and oxygen atoms in total. The summed E-state index contributed by atoms with van der Waals surface area (Å²) in [6, 6.07) is 5.02. The standard InChI is InChI=1S/C16H20N2O/c1-10(2)18-7-12-5-14-15(11(3)19)9-17(4)16(14)6-13(12)8-18/h5-6,9-10H,7-8H2,1-4H3. The number of nitrogens with zero attached hydrogens (tertiary/aromatic N) is 2. The molecule has 0 spiro atoms. The summed E-state index contributed by atoms with van der Waals surface area (Å²) in [4.78, 5) is 14.2. The van der Waals surface area contributed by atoms with Crippen LogP contribution in [0.4, 0.5) is 0 Å². The summed E-state index contributed by atoms with van der Waals surface area (Å²) < 4.78 is 2.06. The van der Waals surface area contributed by atoms with Gasteiger partial charge >= 0.3 is 0 Å². The maximum atomic E-state index is 11.7. The minimum Gasteiger partial charge on any atom is -0.350 e. The van der Waals surface area contributed by atoms with Crippen molar-refractivity contribution >= 4 is 16.7 Å². The van der Waals surface area contributed by atoms with Crippen LogP contribution in [0, 0.1) is 0 Å². The maximum absolute atomic E-state index is 11.7. The lowest BCUT2D eigenvalue weighted by Gasteiger charge is -2.18. The molecule has 0 atom stereocenters. The van der Waals surface area contributed by atoms with Crippen LogP contribution in [-0.4, -0.2) is 21.3 Å². The van der Waals surface area contributed by atoms with Crippen molar-refractivity contribution in [1.29, 1.82) is 0 Å². The predicted molar refractivity (Wildman–Crippen MR) is 77.3 cm³/mol. The van der Waals surface area contributed by atoms with Gasteiger partial charge in [0.1, 0.15) is 0 Å². The number of hydrogen-bond donors (Lipinski definition) is 0. The van der Waals surface area contributed by atoms with Crippen LogP contribution in [-0.2, 0) is 20.1 Å². The Labute approximate surface area is 113 Å². The Morgan fingerprint density at radius 3 is 2.42 bits per heavy atom. The number of carbonyl (C=O) groups is 1. The zero-order chi connectivity index (χ0) is 13.7. The van der Waals surface area contributed by atoms with E-state index in [4.69, 9.17) is 0 Å². The molecular weight excluding hydrogens is 236 g/mol. The highest BCUT2D eigenvalue weighted by Crippen LogP contribution is 2.31. The molecule has 1 aromatic carbocycles. The summed E-state index contributed by atoms with van der Waals surface area (Å²) in [6.45, 7) is 8.11. The highest BCUT2D eigenvalue weighted by atomic mass is 16.1. The molecule has 1 aliphatic rings. The molecule has 0 radical (unpaired) electrons. The number of benzene rings is 1. The van der Waals surface area contributed by atoms with Gasteiger partial charge in [0.2, 0.25) is 0 Å². The third-order valence-electron chi connectivity index (χ3n) is 4.17. The van der Waals surface area contributed by atoms with Crippen molar-refractivity contribution in [2.75, 3.05) is 0 Å². The highest BCUT2D eigenvalue weighted by molar-refractivity contribution is 6.07. The highest BCUT2D eigenvalue weighted by Gasteiger charge is 2.23. The fourth-order valence-electron chi connectivity index (χ4n) is 2.95. The van der Waals surface area contributed by atoms with Gasteiger partial charge in [-0.15, -0.1) is 0 Å².